The second kappa shape index (κ2) is 8.57. The Kier molecular flexibility index (Phi) is 6.46. The zero-order valence-electron chi connectivity index (χ0n) is 12.5. The van der Waals surface area contributed by atoms with Crippen molar-refractivity contribution in [2.24, 2.45) is 0 Å². The van der Waals surface area contributed by atoms with Gasteiger partial charge in [0, 0.05) is 22.9 Å². The molecule has 6 nitrogen and oxygen atoms in total. The van der Waals surface area contributed by atoms with Crippen molar-refractivity contribution in [3.05, 3.63) is 74.3 Å². The van der Waals surface area contributed by atoms with Gasteiger partial charge in [-0.3, -0.25) is 20.2 Å². The van der Waals surface area contributed by atoms with Crippen molar-refractivity contribution in [3.8, 4) is 0 Å². The number of carbonyl (C=O) groups is 1. The number of nitro benzene ring substituents is 1. The Morgan fingerprint density at radius 1 is 1.16 bits per heavy atom. The molecule has 0 aliphatic heterocycles. The summed E-state index contributed by atoms with van der Waals surface area (Å²) in [6.07, 6.45) is 2.91. The highest BCUT2D eigenvalue weighted by atomic mass is 35.5. The molecule has 0 heterocycles. The standard InChI is InChI=1S/C16H11Cl2N3O3S/c17-11-4-1-10(2-5-11)3-8-15(22)20-16(25)19-12-6-7-13(18)14(9-12)21(23)24/h1-9H,(H2,19,20,22,25). The molecule has 9 heteroatoms. The highest BCUT2D eigenvalue weighted by Gasteiger charge is 2.13. The molecular formula is C16H11Cl2N3O3S. The molecule has 0 aromatic heterocycles. The van der Waals surface area contributed by atoms with E-state index >= 15 is 0 Å². The third-order valence-corrected chi connectivity index (χ3v) is 3.71. The van der Waals surface area contributed by atoms with Crippen LogP contribution in [0.4, 0.5) is 11.4 Å². The maximum atomic E-state index is 11.8. The number of carbonyl (C=O) groups excluding carboxylic acids is 1. The summed E-state index contributed by atoms with van der Waals surface area (Å²) in [6.45, 7) is 0. The van der Waals surface area contributed by atoms with Crippen molar-refractivity contribution in [2.45, 2.75) is 0 Å². The lowest BCUT2D eigenvalue weighted by Crippen LogP contribution is -2.32. The first-order valence-electron chi connectivity index (χ1n) is 6.85. The lowest BCUT2D eigenvalue weighted by atomic mass is 10.2. The van der Waals surface area contributed by atoms with E-state index in [2.05, 4.69) is 10.6 Å². The van der Waals surface area contributed by atoms with Crippen LogP contribution in [0.25, 0.3) is 6.08 Å². The minimum Gasteiger partial charge on any atom is -0.332 e. The van der Waals surface area contributed by atoms with Crippen LogP contribution in [-0.4, -0.2) is 15.9 Å². The third-order valence-electron chi connectivity index (χ3n) is 2.93. The molecule has 2 N–H and O–H groups in total. The summed E-state index contributed by atoms with van der Waals surface area (Å²) in [5.74, 6) is -0.448. The molecule has 128 valence electrons. The Labute approximate surface area is 158 Å². The van der Waals surface area contributed by atoms with Gasteiger partial charge < -0.3 is 5.32 Å². The third kappa shape index (κ3) is 5.82. The molecule has 2 aromatic rings. The smallest absolute Gasteiger partial charge is 0.289 e. The van der Waals surface area contributed by atoms with Crippen molar-refractivity contribution in [1.29, 1.82) is 0 Å². The van der Waals surface area contributed by atoms with Crippen LogP contribution in [-0.2, 0) is 4.79 Å². The molecule has 0 atom stereocenters. The van der Waals surface area contributed by atoms with Crippen LogP contribution in [0.2, 0.25) is 10.0 Å². The van der Waals surface area contributed by atoms with E-state index in [-0.39, 0.29) is 15.8 Å². The van der Waals surface area contributed by atoms with Crippen molar-refractivity contribution in [2.75, 3.05) is 5.32 Å². The Bertz CT molecular complexity index is 854. The largest absolute Gasteiger partial charge is 0.332 e. The van der Waals surface area contributed by atoms with Gasteiger partial charge >= 0.3 is 0 Å². The average molecular weight is 396 g/mol. The molecule has 0 saturated carbocycles. The zero-order valence-corrected chi connectivity index (χ0v) is 14.9. The number of anilines is 1. The van der Waals surface area contributed by atoms with Crippen molar-refractivity contribution in [3.63, 3.8) is 0 Å². The quantitative estimate of drug-likeness (QED) is 0.346. The number of rotatable bonds is 4. The first-order chi connectivity index (χ1) is 11.8. The molecule has 0 aliphatic rings. The number of benzene rings is 2. The summed E-state index contributed by atoms with van der Waals surface area (Å²) >= 11 is 16.5. The maximum absolute atomic E-state index is 11.8. The number of nitrogens with one attached hydrogen (secondary N) is 2. The van der Waals surface area contributed by atoms with Gasteiger partial charge in [0.2, 0.25) is 5.91 Å². The van der Waals surface area contributed by atoms with Crippen LogP contribution >= 0.6 is 35.4 Å². The van der Waals surface area contributed by atoms with Crippen molar-refractivity contribution >= 4 is 63.9 Å². The predicted molar refractivity (Wildman–Crippen MR) is 103 cm³/mol. The summed E-state index contributed by atoms with van der Waals surface area (Å²) < 4.78 is 0. The molecule has 0 bridgehead atoms. The maximum Gasteiger partial charge on any atom is 0.289 e. The monoisotopic (exact) mass is 395 g/mol. The number of hydrogen-bond acceptors (Lipinski definition) is 4. The van der Waals surface area contributed by atoms with E-state index in [1.807, 2.05) is 0 Å². The lowest BCUT2D eigenvalue weighted by Gasteiger charge is -2.08. The highest BCUT2D eigenvalue weighted by molar-refractivity contribution is 7.80. The number of thiocarbonyl (C=S) groups is 1. The summed E-state index contributed by atoms with van der Waals surface area (Å²) in [4.78, 5) is 22.1. The predicted octanol–water partition coefficient (Wildman–Crippen LogP) is 4.43. The normalized spacial score (nSPS) is 10.5. The molecule has 1 amide bonds. The Balaban J connectivity index is 1.95. The SMILES string of the molecule is O=C(C=Cc1ccc(Cl)cc1)NC(=S)Nc1ccc(Cl)c([N+](=O)[O-])c1. The van der Waals surface area contributed by atoms with Crippen molar-refractivity contribution < 1.29 is 9.72 Å². The average Bonchev–Trinajstić information content (AvgIpc) is 2.55. The molecule has 2 aromatic carbocycles. The zero-order chi connectivity index (χ0) is 18.4. The van der Waals surface area contributed by atoms with E-state index < -0.39 is 10.8 Å². The topological polar surface area (TPSA) is 84.3 Å². The van der Waals surface area contributed by atoms with E-state index in [1.54, 1.807) is 30.3 Å². The second-order valence-corrected chi connectivity index (χ2v) is 6.00. The minimum atomic E-state index is -0.607. The Morgan fingerprint density at radius 2 is 1.84 bits per heavy atom. The van der Waals surface area contributed by atoms with Crippen LogP contribution in [0.3, 0.4) is 0 Å². The molecule has 0 fully saturated rings. The van der Waals surface area contributed by atoms with E-state index in [0.29, 0.717) is 10.7 Å². The first kappa shape index (κ1) is 18.9. The van der Waals surface area contributed by atoms with Gasteiger partial charge in [0.1, 0.15) is 5.02 Å². The number of amides is 1. The number of hydrogen-bond donors (Lipinski definition) is 2. The fraction of sp³-hybridized carbons (Fsp3) is 0. The van der Waals surface area contributed by atoms with Crippen LogP contribution in [0.1, 0.15) is 5.56 Å². The molecular weight excluding hydrogens is 385 g/mol. The van der Waals surface area contributed by atoms with Crippen molar-refractivity contribution in [1.82, 2.24) is 5.32 Å². The lowest BCUT2D eigenvalue weighted by molar-refractivity contribution is -0.384. The molecule has 0 radical (unpaired) electrons. The molecule has 0 aliphatic carbocycles. The highest BCUT2D eigenvalue weighted by Crippen LogP contribution is 2.27. The van der Waals surface area contributed by atoms with E-state index in [1.165, 1.54) is 24.3 Å². The Morgan fingerprint density at radius 3 is 2.48 bits per heavy atom. The van der Waals surface area contributed by atoms with Crippen LogP contribution in [0, 0.1) is 10.1 Å². The van der Waals surface area contributed by atoms with Gasteiger partial charge in [-0.15, -0.1) is 0 Å². The number of halogens is 2. The minimum absolute atomic E-state index is 0.00220. The summed E-state index contributed by atoms with van der Waals surface area (Å²) in [5, 5.41) is 16.6. The number of nitro groups is 1. The fourth-order valence-corrected chi connectivity index (χ4v) is 2.32. The Hall–Kier alpha value is -2.48. The van der Waals surface area contributed by atoms with E-state index in [0.717, 1.165) is 5.56 Å². The molecule has 0 saturated heterocycles. The van der Waals surface area contributed by atoms with Gasteiger partial charge in [-0.1, -0.05) is 35.3 Å². The van der Waals surface area contributed by atoms with E-state index in [9.17, 15) is 14.9 Å². The number of nitrogens with zero attached hydrogens (tertiary/aromatic N) is 1. The van der Waals surface area contributed by atoms with Gasteiger partial charge in [-0.05, 0) is 48.1 Å². The van der Waals surface area contributed by atoms with Crippen LogP contribution < -0.4 is 10.6 Å². The van der Waals surface area contributed by atoms with Gasteiger partial charge in [0.05, 0.1) is 4.92 Å². The van der Waals surface area contributed by atoms with E-state index in [4.69, 9.17) is 35.4 Å². The summed E-state index contributed by atoms with van der Waals surface area (Å²) in [6, 6.07) is 11.0. The molecule has 0 unspecified atom stereocenters. The molecule has 25 heavy (non-hydrogen) atoms. The van der Waals surface area contributed by atoms with Gasteiger partial charge in [-0.25, -0.2) is 0 Å². The van der Waals surface area contributed by atoms with Crippen LogP contribution in [0.15, 0.2) is 48.5 Å². The summed E-state index contributed by atoms with van der Waals surface area (Å²) in [5.41, 5.74) is 0.873. The first-order valence-corrected chi connectivity index (χ1v) is 8.01. The van der Waals surface area contributed by atoms with Gasteiger partial charge in [-0.2, -0.15) is 0 Å². The van der Waals surface area contributed by atoms with Crippen LogP contribution in [0.5, 0.6) is 0 Å². The molecule has 2 rings (SSSR count). The molecule has 0 spiro atoms. The van der Waals surface area contributed by atoms with Gasteiger partial charge in [0.25, 0.3) is 5.69 Å². The fourth-order valence-electron chi connectivity index (χ4n) is 1.79. The van der Waals surface area contributed by atoms with Gasteiger partial charge in [0.15, 0.2) is 5.11 Å². The summed E-state index contributed by atoms with van der Waals surface area (Å²) in [7, 11) is 0. The second-order valence-electron chi connectivity index (χ2n) is 4.75.